The zero-order chi connectivity index (χ0) is 18.9. The smallest absolute Gasteiger partial charge is 0.333 e. The number of ether oxygens (including phenoxy) is 1. The quantitative estimate of drug-likeness (QED) is 0.656. The predicted octanol–water partition coefficient (Wildman–Crippen LogP) is 3.83. The average Bonchev–Trinajstić information content (AvgIpc) is 3.11. The molecule has 1 aromatic heterocycles. The topological polar surface area (TPSA) is 61.2 Å². The standard InChI is InChI=1S/C20H20N2O2.CH2O/c1-3-24-20(23)19(22-13-15(2)21-14-22)18-11-9-17(10-12-18)16-7-5-4-6-8-16;1-2/h4-14,19H,3H2,1-2H3;1H2. The van der Waals surface area contributed by atoms with Gasteiger partial charge in [0.25, 0.3) is 0 Å². The Labute approximate surface area is 153 Å². The van der Waals surface area contributed by atoms with Crippen LogP contribution in [0.15, 0.2) is 67.1 Å². The molecule has 0 aliphatic heterocycles. The van der Waals surface area contributed by atoms with Crippen LogP contribution in [0.1, 0.15) is 24.2 Å². The first kappa shape index (κ1) is 19.1. The maximum absolute atomic E-state index is 12.4. The van der Waals surface area contributed by atoms with Crippen molar-refractivity contribution in [3.63, 3.8) is 0 Å². The number of carbonyl (C=O) groups excluding carboxylic acids is 2. The van der Waals surface area contributed by atoms with Crippen LogP contribution in [-0.2, 0) is 14.3 Å². The van der Waals surface area contributed by atoms with E-state index in [1.54, 1.807) is 10.9 Å². The van der Waals surface area contributed by atoms with E-state index in [4.69, 9.17) is 9.53 Å². The van der Waals surface area contributed by atoms with Gasteiger partial charge in [-0.3, -0.25) is 0 Å². The third kappa shape index (κ3) is 4.45. The highest BCUT2D eigenvalue weighted by Gasteiger charge is 2.24. The number of rotatable bonds is 5. The van der Waals surface area contributed by atoms with Gasteiger partial charge in [0.15, 0.2) is 6.04 Å². The maximum atomic E-state index is 12.4. The first-order valence-corrected chi connectivity index (χ1v) is 8.30. The third-order valence-electron chi connectivity index (χ3n) is 3.87. The minimum atomic E-state index is -0.518. The highest BCUT2D eigenvalue weighted by atomic mass is 16.5. The largest absolute Gasteiger partial charge is 0.464 e. The van der Waals surface area contributed by atoms with Crippen LogP contribution >= 0.6 is 0 Å². The number of aromatic nitrogens is 2. The summed E-state index contributed by atoms with van der Waals surface area (Å²) in [7, 11) is 0. The third-order valence-corrected chi connectivity index (χ3v) is 3.87. The van der Waals surface area contributed by atoms with E-state index >= 15 is 0 Å². The summed E-state index contributed by atoms with van der Waals surface area (Å²) in [6.45, 7) is 6.06. The Kier molecular flexibility index (Phi) is 6.85. The van der Waals surface area contributed by atoms with Crippen LogP contribution in [0.2, 0.25) is 0 Å². The van der Waals surface area contributed by atoms with Crippen molar-refractivity contribution < 1.29 is 14.3 Å². The molecule has 0 aliphatic carbocycles. The van der Waals surface area contributed by atoms with Gasteiger partial charge < -0.3 is 14.1 Å². The summed E-state index contributed by atoms with van der Waals surface area (Å²) in [5, 5.41) is 0. The fourth-order valence-corrected chi connectivity index (χ4v) is 2.72. The van der Waals surface area contributed by atoms with Gasteiger partial charge in [-0.2, -0.15) is 0 Å². The SMILES string of the molecule is C=O.CCOC(=O)C(c1ccc(-c2ccccc2)cc1)n1cnc(C)c1. The van der Waals surface area contributed by atoms with Gasteiger partial charge in [0.1, 0.15) is 6.79 Å². The number of esters is 1. The molecule has 1 unspecified atom stereocenters. The van der Waals surface area contributed by atoms with E-state index in [0.29, 0.717) is 6.61 Å². The second kappa shape index (κ2) is 9.32. The highest BCUT2D eigenvalue weighted by Crippen LogP contribution is 2.25. The van der Waals surface area contributed by atoms with Crippen LogP contribution in [0.5, 0.6) is 0 Å². The number of hydrogen-bond donors (Lipinski definition) is 0. The first-order chi connectivity index (χ1) is 12.7. The van der Waals surface area contributed by atoms with Gasteiger partial charge in [0.05, 0.1) is 18.6 Å². The van der Waals surface area contributed by atoms with E-state index in [0.717, 1.165) is 22.4 Å². The Morgan fingerprint density at radius 3 is 2.23 bits per heavy atom. The van der Waals surface area contributed by atoms with Crippen molar-refractivity contribution in [1.29, 1.82) is 0 Å². The van der Waals surface area contributed by atoms with Crippen molar-refractivity contribution in [2.24, 2.45) is 0 Å². The van der Waals surface area contributed by atoms with Crippen LogP contribution in [0.4, 0.5) is 0 Å². The van der Waals surface area contributed by atoms with Crippen molar-refractivity contribution in [3.8, 4) is 11.1 Å². The molecule has 0 fully saturated rings. The van der Waals surface area contributed by atoms with Gasteiger partial charge in [-0.05, 0) is 30.5 Å². The predicted molar refractivity (Wildman–Crippen MR) is 101 cm³/mol. The molecule has 5 heteroatoms. The number of aryl methyl sites for hydroxylation is 1. The van der Waals surface area contributed by atoms with Crippen molar-refractivity contribution in [1.82, 2.24) is 9.55 Å². The summed E-state index contributed by atoms with van der Waals surface area (Å²) < 4.78 is 7.05. The fraction of sp³-hybridized carbons (Fsp3) is 0.190. The molecule has 3 rings (SSSR count). The summed E-state index contributed by atoms with van der Waals surface area (Å²) >= 11 is 0. The zero-order valence-electron chi connectivity index (χ0n) is 15.0. The Balaban J connectivity index is 0.00000117. The summed E-state index contributed by atoms with van der Waals surface area (Å²) in [5.41, 5.74) is 4.01. The molecular weight excluding hydrogens is 328 g/mol. The van der Waals surface area contributed by atoms with Gasteiger partial charge in [-0.25, -0.2) is 9.78 Å². The molecule has 0 saturated carbocycles. The molecule has 0 spiro atoms. The van der Waals surface area contributed by atoms with Crippen LogP contribution in [-0.4, -0.2) is 28.9 Å². The number of hydrogen-bond acceptors (Lipinski definition) is 4. The Morgan fingerprint density at radius 2 is 1.69 bits per heavy atom. The molecule has 0 amide bonds. The second-order valence-corrected chi connectivity index (χ2v) is 5.60. The van der Waals surface area contributed by atoms with Gasteiger partial charge in [-0.15, -0.1) is 0 Å². The molecule has 5 nitrogen and oxygen atoms in total. The van der Waals surface area contributed by atoms with E-state index in [1.165, 1.54) is 0 Å². The second-order valence-electron chi connectivity index (χ2n) is 5.60. The minimum absolute atomic E-state index is 0.276. The molecule has 0 aliphatic rings. The zero-order valence-corrected chi connectivity index (χ0v) is 15.0. The van der Waals surface area contributed by atoms with Gasteiger partial charge in [0, 0.05) is 6.20 Å². The lowest BCUT2D eigenvalue weighted by Crippen LogP contribution is -2.22. The fourth-order valence-electron chi connectivity index (χ4n) is 2.72. The summed E-state index contributed by atoms with van der Waals surface area (Å²) in [6, 6.07) is 17.6. The summed E-state index contributed by atoms with van der Waals surface area (Å²) in [6.07, 6.45) is 3.52. The lowest BCUT2D eigenvalue weighted by atomic mass is 10.0. The minimum Gasteiger partial charge on any atom is -0.464 e. The first-order valence-electron chi connectivity index (χ1n) is 8.30. The van der Waals surface area contributed by atoms with E-state index in [9.17, 15) is 4.79 Å². The van der Waals surface area contributed by atoms with E-state index < -0.39 is 6.04 Å². The molecular formula is C21H22N2O3. The van der Waals surface area contributed by atoms with Crippen molar-refractivity contribution in [3.05, 3.63) is 78.4 Å². The average molecular weight is 350 g/mol. The number of nitrogens with zero attached hydrogens (tertiary/aromatic N) is 2. The Bertz CT molecular complexity index is 826. The van der Waals surface area contributed by atoms with E-state index in [2.05, 4.69) is 17.1 Å². The normalized spacial score (nSPS) is 11.2. The van der Waals surface area contributed by atoms with E-state index in [1.807, 2.05) is 69.3 Å². The Hall–Kier alpha value is -3.21. The molecule has 0 bridgehead atoms. The van der Waals surface area contributed by atoms with Crippen molar-refractivity contribution >= 4 is 12.8 Å². The maximum Gasteiger partial charge on any atom is 0.333 e. The van der Waals surface area contributed by atoms with Crippen LogP contribution in [0, 0.1) is 6.92 Å². The van der Waals surface area contributed by atoms with Crippen LogP contribution < -0.4 is 0 Å². The Morgan fingerprint density at radius 1 is 1.08 bits per heavy atom. The molecule has 3 aromatic rings. The highest BCUT2D eigenvalue weighted by molar-refractivity contribution is 5.78. The number of benzene rings is 2. The van der Waals surface area contributed by atoms with Crippen LogP contribution in [0.25, 0.3) is 11.1 Å². The summed E-state index contributed by atoms with van der Waals surface area (Å²) in [4.78, 5) is 24.7. The molecule has 134 valence electrons. The van der Waals surface area contributed by atoms with Crippen LogP contribution in [0.3, 0.4) is 0 Å². The molecule has 26 heavy (non-hydrogen) atoms. The van der Waals surface area contributed by atoms with Gasteiger partial charge in [0.2, 0.25) is 0 Å². The number of carbonyl (C=O) groups is 2. The monoisotopic (exact) mass is 350 g/mol. The molecule has 1 heterocycles. The molecule has 0 N–H and O–H groups in total. The van der Waals surface area contributed by atoms with Crippen molar-refractivity contribution in [2.45, 2.75) is 19.9 Å². The lowest BCUT2D eigenvalue weighted by Gasteiger charge is -2.17. The molecule has 0 radical (unpaired) electrons. The molecule has 2 aromatic carbocycles. The van der Waals surface area contributed by atoms with E-state index in [-0.39, 0.29) is 5.97 Å². The molecule has 1 atom stereocenters. The van der Waals surface area contributed by atoms with Gasteiger partial charge in [-0.1, -0.05) is 54.6 Å². The van der Waals surface area contributed by atoms with Crippen molar-refractivity contribution in [2.75, 3.05) is 6.61 Å². The number of imidazole rings is 1. The summed E-state index contributed by atoms with van der Waals surface area (Å²) in [5.74, 6) is -0.276. The molecule has 0 saturated heterocycles. The van der Waals surface area contributed by atoms with Gasteiger partial charge >= 0.3 is 5.97 Å². The lowest BCUT2D eigenvalue weighted by molar-refractivity contribution is -0.145.